The van der Waals surface area contributed by atoms with E-state index in [4.69, 9.17) is 5.73 Å². The van der Waals surface area contributed by atoms with Crippen molar-refractivity contribution in [1.29, 1.82) is 0 Å². The molecule has 0 amide bonds. The Kier molecular flexibility index (Phi) is 4.48. The van der Waals surface area contributed by atoms with Crippen LogP contribution >= 0.6 is 0 Å². The number of aryl methyl sites for hydroxylation is 3. The maximum absolute atomic E-state index is 13.2. The largest absolute Gasteiger partial charge is 0.327 e. The van der Waals surface area contributed by atoms with E-state index in [1.54, 1.807) is 0 Å². The summed E-state index contributed by atoms with van der Waals surface area (Å²) < 4.78 is 26.4. The third-order valence-corrected chi connectivity index (χ3v) is 4.65. The van der Waals surface area contributed by atoms with Gasteiger partial charge >= 0.3 is 0 Å². The van der Waals surface area contributed by atoms with Crippen molar-refractivity contribution in [3.8, 4) is 0 Å². The molecule has 2 rings (SSSR count). The summed E-state index contributed by atoms with van der Waals surface area (Å²) in [6.45, 7) is 6.31. The molecule has 0 aliphatic heterocycles. The lowest BCUT2D eigenvalue weighted by Gasteiger charge is -2.32. The number of nitrogens with two attached hydrogens (primary N) is 1. The number of alkyl halides is 2. The van der Waals surface area contributed by atoms with Crippen molar-refractivity contribution < 1.29 is 8.78 Å². The molecular weight excluding hydrogens is 256 g/mol. The van der Waals surface area contributed by atoms with Gasteiger partial charge in [-0.25, -0.2) is 8.78 Å². The van der Waals surface area contributed by atoms with Gasteiger partial charge in [0, 0.05) is 18.9 Å². The quantitative estimate of drug-likeness (QED) is 0.878. The highest BCUT2D eigenvalue weighted by Crippen LogP contribution is 2.37. The molecule has 1 aliphatic carbocycles. The number of benzene rings is 1. The first-order valence-electron chi connectivity index (χ1n) is 7.48. The molecule has 1 nitrogen and oxygen atoms in total. The van der Waals surface area contributed by atoms with E-state index in [2.05, 4.69) is 32.9 Å². The molecule has 1 aromatic carbocycles. The van der Waals surface area contributed by atoms with E-state index in [1.807, 2.05) is 0 Å². The SMILES string of the molecule is Cc1cc(C)c(CC(N)C2CCC(F)(F)CC2)c(C)c1. The Hall–Kier alpha value is -0.960. The lowest BCUT2D eigenvalue weighted by atomic mass is 9.79. The predicted octanol–water partition coefficient (Wildman–Crippen LogP) is 4.31. The van der Waals surface area contributed by atoms with Gasteiger partial charge in [-0.05, 0) is 62.6 Å². The molecule has 2 N–H and O–H groups in total. The van der Waals surface area contributed by atoms with Crippen molar-refractivity contribution in [2.24, 2.45) is 11.7 Å². The third-order valence-electron chi connectivity index (χ3n) is 4.65. The van der Waals surface area contributed by atoms with Crippen LogP contribution in [0.15, 0.2) is 12.1 Å². The minimum absolute atomic E-state index is 0.00275. The molecule has 3 heteroatoms. The Balaban J connectivity index is 2.04. The van der Waals surface area contributed by atoms with Gasteiger partial charge in [0.2, 0.25) is 5.92 Å². The van der Waals surface area contributed by atoms with Crippen molar-refractivity contribution in [3.63, 3.8) is 0 Å². The molecule has 112 valence electrons. The van der Waals surface area contributed by atoms with Crippen LogP contribution in [0.3, 0.4) is 0 Å². The van der Waals surface area contributed by atoms with E-state index < -0.39 is 5.92 Å². The smallest absolute Gasteiger partial charge is 0.248 e. The first kappa shape index (κ1) is 15.4. The lowest BCUT2D eigenvalue weighted by molar-refractivity contribution is -0.0481. The Morgan fingerprint density at radius 1 is 1.15 bits per heavy atom. The Morgan fingerprint density at radius 3 is 2.15 bits per heavy atom. The van der Waals surface area contributed by atoms with Crippen LogP contribution < -0.4 is 5.73 Å². The molecule has 1 atom stereocenters. The Bertz CT molecular complexity index is 449. The molecule has 0 bridgehead atoms. The second-order valence-corrected chi connectivity index (χ2v) is 6.44. The average Bonchev–Trinajstić information content (AvgIpc) is 2.33. The molecule has 1 aliphatic rings. The number of rotatable bonds is 3. The standard InChI is InChI=1S/C17H25F2N/c1-11-8-12(2)15(13(3)9-11)10-16(20)14-4-6-17(18,19)7-5-14/h8-9,14,16H,4-7,10,20H2,1-3H3. The van der Waals surface area contributed by atoms with Crippen molar-refractivity contribution in [2.45, 2.75) is 64.8 Å². The van der Waals surface area contributed by atoms with Gasteiger partial charge in [-0.3, -0.25) is 0 Å². The van der Waals surface area contributed by atoms with Crippen LogP contribution in [0.4, 0.5) is 8.78 Å². The van der Waals surface area contributed by atoms with E-state index in [0.717, 1.165) is 6.42 Å². The zero-order valence-corrected chi connectivity index (χ0v) is 12.7. The van der Waals surface area contributed by atoms with Crippen molar-refractivity contribution >= 4 is 0 Å². The van der Waals surface area contributed by atoms with Crippen molar-refractivity contribution in [3.05, 3.63) is 34.4 Å². The van der Waals surface area contributed by atoms with Gasteiger partial charge in [0.15, 0.2) is 0 Å². The van der Waals surface area contributed by atoms with Crippen LogP contribution in [0.1, 0.15) is 47.9 Å². The van der Waals surface area contributed by atoms with E-state index in [-0.39, 0.29) is 24.8 Å². The average molecular weight is 281 g/mol. The Labute approximate surface area is 120 Å². The van der Waals surface area contributed by atoms with Gasteiger partial charge in [-0.1, -0.05) is 17.7 Å². The first-order chi connectivity index (χ1) is 9.28. The molecule has 1 fully saturated rings. The van der Waals surface area contributed by atoms with Gasteiger partial charge in [0.25, 0.3) is 0 Å². The second kappa shape index (κ2) is 5.80. The Morgan fingerprint density at radius 2 is 1.65 bits per heavy atom. The minimum Gasteiger partial charge on any atom is -0.327 e. The third kappa shape index (κ3) is 3.57. The van der Waals surface area contributed by atoms with Gasteiger partial charge in [-0.15, -0.1) is 0 Å². The molecule has 20 heavy (non-hydrogen) atoms. The normalized spacial score (nSPS) is 20.9. The van der Waals surface area contributed by atoms with Crippen molar-refractivity contribution in [1.82, 2.24) is 0 Å². The van der Waals surface area contributed by atoms with Crippen LogP contribution in [0.5, 0.6) is 0 Å². The van der Waals surface area contributed by atoms with Crippen LogP contribution in [-0.2, 0) is 6.42 Å². The maximum Gasteiger partial charge on any atom is 0.248 e. The predicted molar refractivity (Wildman–Crippen MR) is 79.2 cm³/mol. The molecule has 1 saturated carbocycles. The maximum atomic E-state index is 13.2. The van der Waals surface area contributed by atoms with Gasteiger partial charge in [0.05, 0.1) is 0 Å². The monoisotopic (exact) mass is 281 g/mol. The highest BCUT2D eigenvalue weighted by Gasteiger charge is 2.36. The van der Waals surface area contributed by atoms with Crippen LogP contribution in [0.25, 0.3) is 0 Å². The summed E-state index contributed by atoms with van der Waals surface area (Å²) in [5.74, 6) is -2.24. The van der Waals surface area contributed by atoms with E-state index >= 15 is 0 Å². The topological polar surface area (TPSA) is 26.0 Å². The van der Waals surface area contributed by atoms with E-state index in [0.29, 0.717) is 12.8 Å². The van der Waals surface area contributed by atoms with Crippen LogP contribution in [-0.4, -0.2) is 12.0 Å². The molecule has 1 aromatic rings. The summed E-state index contributed by atoms with van der Waals surface area (Å²) >= 11 is 0. The highest BCUT2D eigenvalue weighted by atomic mass is 19.3. The summed E-state index contributed by atoms with van der Waals surface area (Å²) in [5.41, 5.74) is 11.4. The van der Waals surface area contributed by atoms with E-state index in [9.17, 15) is 8.78 Å². The zero-order valence-electron chi connectivity index (χ0n) is 12.7. The van der Waals surface area contributed by atoms with Gasteiger partial charge < -0.3 is 5.73 Å². The highest BCUT2D eigenvalue weighted by molar-refractivity contribution is 5.38. The fraction of sp³-hybridized carbons (Fsp3) is 0.647. The summed E-state index contributed by atoms with van der Waals surface area (Å²) in [5, 5.41) is 0. The summed E-state index contributed by atoms with van der Waals surface area (Å²) in [6.07, 6.45) is 1.90. The zero-order chi connectivity index (χ0) is 14.9. The lowest BCUT2D eigenvalue weighted by Crippen LogP contribution is -2.37. The summed E-state index contributed by atoms with van der Waals surface area (Å²) in [4.78, 5) is 0. The van der Waals surface area contributed by atoms with Gasteiger partial charge in [0.1, 0.15) is 0 Å². The van der Waals surface area contributed by atoms with Crippen LogP contribution in [0.2, 0.25) is 0 Å². The minimum atomic E-state index is -2.47. The summed E-state index contributed by atoms with van der Waals surface area (Å²) in [7, 11) is 0. The second-order valence-electron chi connectivity index (χ2n) is 6.44. The number of halogens is 2. The summed E-state index contributed by atoms with van der Waals surface area (Å²) in [6, 6.07) is 4.33. The molecule has 1 unspecified atom stereocenters. The molecular formula is C17H25F2N. The number of hydrogen-bond acceptors (Lipinski definition) is 1. The van der Waals surface area contributed by atoms with Gasteiger partial charge in [-0.2, -0.15) is 0 Å². The molecule has 0 saturated heterocycles. The fourth-order valence-corrected chi connectivity index (χ4v) is 3.42. The molecule has 0 radical (unpaired) electrons. The molecule has 0 spiro atoms. The fourth-order valence-electron chi connectivity index (χ4n) is 3.42. The van der Waals surface area contributed by atoms with E-state index in [1.165, 1.54) is 22.3 Å². The first-order valence-corrected chi connectivity index (χ1v) is 7.48. The molecule has 0 aromatic heterocycles. The van der Waals surface area contributed by atoms with Crippen LogP contribution in [0, 0.1) is 26.7 Å². The number of hydrogen-bond donors (Lipinski definition) is 1. The van der Waals surface area contributed by atoms with Crippen molar-refractivity contribution in [2.75, 3.05) is 0 Å². The molecule has 0 heterocycles.